The molecule has 0 spiro atoms. The topological polar surface area (TPSA) is 26.3 Å². The van der Waals surface area contributed by atoms with E-state index in [1.807, 2.05) is 0 Å². The number of rotatable bonds is 8. The van der Waals surface area contributed by atoms with Crippen LogP contribution < -0.4 is 0 Å². The van der Waals surface area contributed by atoms with Gasteiger partial charge in [-0.2, -0.15) is 0 Å². The Morgan fingerprint density at radius 2 is 1.89 bits per heavy atom. The second-order valence-electron chi connectivity index (χ2n) is 5.63. The first-order valence-electron chi connectivity index (χ1n) is 6.68. The molecule has 0 saturated heterocycles. The second-order valence-corrected chi connectivity index (χ2v) is 5.63. The van der Waals surface area contributed by atoms with Crippen molar-refractivity contribution in [1.29, 1.82) is 0 Å². The van der Waals surface area contributed by atoms with Crippen molar-refractivity contribution in [2.75, 3.05) is 6.61 Å². The maximum absolute atomic E-state index is 11.4. The van der Waals surface area contributed by atoms with Crippen LogP contribution in [0.3, 0.4) is 0 Å². The van der Waals surface area contributed by atoms with Crippen molar-refractivity contribution in [1.82, 2.24) is 0 Å². The maximum Gasteiger partial charge on any atom is 0.333 e. The minimum Gasteiger partial charge on any atom is -0.462 e. The third-order valence-corrected chi connectivity index (χ3v) is 4.07. The highest BCUT2D eigenvalue weighted by molar-refractivity contribution is 5.86. The summed E-state index contributed by atoms with van der Waals surface area (Å²) in [6, 6.07) is 0. The maximum atomic E-state index is 11.4. The summed E-state index contributed by atoms with van der Waals surface area (Å²) in [4.78, 5) is 11.4. The number of carbonyl (C=O) groups excluding carboxylic acids is 1. The third kappa shape index (κ3) is 4.83. The molecule has 18 heavy (non-hydrogen) atoms. The van der Waals surface area contributed by atoms with E-state index < -0.39 is 0 Å². The van der Waals surface area contributed by atoms with Crippen LogP contribution in [-0.2, 0) is 9.53 Å². The van der Waals surface area contributed by atoms with E-state index in [-0.39, 0.29) is 11.4 Å². The Labute approximate surface area is 113 Å². The molecule has 0 fully saturated rings. The summed E-state index contributed by atoms with van der Waals surface area (Å²) >= 11 is 0. The molecular formula is C16H28O2. The van der Waals surface area contributed by atoms with Gasteiger partial charge in [-0.05, 0) is 30.6 Å². The van der Waals surface area contributed by atoms with Gasteiger partial charge in [-0.3, -0.25) is 0 Å². The fourth-order valence-electron chi connectivity index (χ4n) is 2.09. The van der Waals surface area contributed by atoms with Gasteiger partial charge >= 0.3 is 5.97 Å². The Morgan fingerprint density at radius 3 is 2.28 bits per heavy atom. The van der Waals surface area contributed by atoms with Crippen LogP contribution in [0.5, 0.6) is 0 Å². The van der Waals surface area contributed by atoms with Crippen LogP contribution >= 0.6 is 0 Å². The van der Waals surface area contributed by atoms with Crippen LogP contribution in [0.2, 0.25) is 0 Å². The van der Waals surface area contributed by atoms with E-state index in [2.05, 4.69) is 41.2 Å². The number of hydrogen-bond acceptors (Lipinski definition) is 2. The zero-order valence-electron chi connectivity index (χ0n) is 12.6. The van der Waals surface area contributed by atoms with Gasteiger partial charge in [0.25, 0.3) is 0 Å². The molecule has 0 aliphatic carbocycles. The first-order chi connectivity index (χ1) is 8.25. The average molecular weight is 252 g/mol. The lowest BCUT2D eigenvalue weighted by molar-refractivity contribution is -0.139. The van der Waals surface area contributed by atoms with Gasteiger partial charge in [0.2, 0.25) is 0 Å². The summed E-state index contributed by atoms with van der Waals surface area (Å²) in [6.07, 6.45) is 2.89. The molecule has 0 N–H and O–H groups in total. The SMILES string of the molecule is [CH2]CCC(C)C(C)(CCOC(=O)C(=C)C)[C](C)C. The van der Waals surface area contributed by atoms with Gasteiger partial charge in [0.05, 0.1) is 6.61 Å². The number of carbonyl (C=O) groups is 1. The number of esters is 1. The molecule has 2 nitrogen and oxygen atoms in total. The van der Waals surface area contributed by atoms with Crippen molar-refractivity contribution in [3.63, 3.8) is 0 Å². The molecule has 2 heteroatoms. The molecule has 2 radical (unpaired) electrons. The molecule has 0 aliphatic rings. The molecule has 0 aromatic carbocycles. The summed E-state index contributed by atoms with van der Waals surface area (Å²) < 4.78 is 5.21. The van der Waals surface area contributed by atoms with E-state index in [0.717, 1.165) is 19.3 Å². The lowest BCUT2D eigenvalue weighted by Crippen LogP contribution is -2.32. The van der Waals surface area contributed by atoms with E-state index in [1.165, 1.54) is 5.92 Å². The Kier molecular flexibility index (Phi) is 7.27. The summed E-state index contributed by atoms with van der Waals surface area (Å²) in [6.45, 7) is 18.4. The zero-order chi connectivity index (χ0) is 14.3. The predicted octanol–water partition coefficient (Wildman–Crippen LogP) is 4.37. The average Bonchev–Trinajstić information content (AvgIpc) is 2.28. The Morgan fingerprint density at radius 1 is 1.33 bits per heavy atom. The van der Waals surface area contributed by atoms with Gasteiger partial charge in [0.15, 0.2) is 0 Å². The van der Waals surface area contributed by atoms with Gasteiger partial charge in [-0.1, -0.05) is 54.0 Å². The minimum absolute atomic E-state index is 0.104. The zero-order valence-corrected chi connectivity index (χ0v) is 12.6. The third-order valence-electron chi connectivity index (χ3n) is 4.07. The summed E-state index contributed by atoms with van der Waals surface area (Å²) in [7, 11) is 0. The molecule has 0 aliphatic heterocycles. The van der Waals surface area contributed by atoms with Crippen LogP contribution in [0.25, 0.3) is 0 Å². The molecule has 2 atom stereocenters. The van der Waals surface area contributed by atoms with Crippen LogP contribution in [0.15, 0.2) is 12.2 Å². The van der Waals surface area contributed by atoms with E-state index in [0.29, 0.717) is 18.1 Å². The summed E-state index contributed by atoms with van der Waals surface area (Å²) in [5.41, 5.74) is 0.562. The molecule has 0 amide bonds. The lowest BCUT2D eigenvalue weighted by Gasteiger charge is -2.39. The Bertz CT molecular complexity index is 281. The van der Waals surface area contributed by atoms with Gasteiger partial charge in [-0.25, -0.2) is 4.79 Å². The first kappa shape index (κ1) is 17.2. The summed E-state index contributed by atoms with van der Waals surface area (Å²) in [5.74, 6) is 1.63. The normalized spacial score (nSPS) is 16.2. The summed E-state index contributed by atoms with van der Waals surface area (Å²) in [5, 5.41) is 0. The Balaban J connectivity index is 4.45. The van der Waals surface area contributed by atoms with Crippen molar-refractivity contribution < 1.29 is 9.53 Å². The minimum atomic E-state index is -0.295. The molecule has 104 valence electrons. The Hall–Kier alpha value is -0.790. The van der Waals surface area contributed by atoms with E-state index in [4.69, 9.17) is 4.74 Å². The molecular weight excluding hydrogens is 224 g/mol. The number of ether oxygens (including phenoxy) is 1. The van der Waals surface area contributed by atoms with Crippen molar-refractivity contribution in [3.05, 3.63) is 25.0 Å². The monoisotopic (exact) mass is 252 g/mol. The quantitative estimate of drug-likeness (QED) is 0.474. The standard InChI is InChI=1S/C16H28O2/c1-8-9-14(6)16(7,13(4)5)10-11-18-15(17)12(2)3/h14H,1-2,8-11H2,3-7H3. The molecule has 0 aromatic heterocycles. The van der Waals surface area contributed by atoms with Crippen molar-refractivity contribution in [3.8, 4) is 0 Å². The highest BCUT2D eigenvalue weighted by Crippen LogP contribution is 2.42. The van der Waals surface area contributed by atoms with Crippen molar-refractivity contribution in [2.24, 2.45) is 11.3 Å². The molecule has 0 bridgehead atoms. The van der Waals surface area contributed by atoms with E-state index in [9.17, 15) is 4.79 Å². The number of hydrogen-bond donors (Lipinski definition) is 0. The van der Waals surface area contributed by atoms with E-state index >= 15 is 0 Å². The molecule has 0 rings (SSSR count). The first-order valence-corrected chi connectivity index (χ1v) is 6.68. The van der Waals surface area contributed by atoms with Crippen LogP contribution in [0.4, 0.5) is 0 Å². The van der Waals surface area contributed by atoms with Gasteiger partial charge in [0.1, 0.15) is 0 Å². The largest absolute Gasteiger partial charge is 0.462 e. The van der Waals surface area contributed by atoms with Crippen LogP contribution in [0, 0.1) is 24.2 Å². The molecule has 0 saturated carbocycles. The fourth-order valence-corrected chi connectivity index (χ4v) is 2.09. The predicted molar refractivity (Wildman–Crippen MR) is 76.8 cm³/mol. The van der Waals surface area contributed by atoms with Gasteiger partial charge < -0.3 is 4.74 Å². The van der Waals surface area contributed by atoms with Gasteiger partial charge in [0, 0.05) is 5.57 Å². The van der Waals surface area contributed by atoms with Gasteiger partial charge in [-0.15, -0.1) is 0 Å². The van der Waals surface area contributed by atoms with Crippen LogP contribution in [0.1, 0.15) is 53.9 Å². The second kappa shape index (κ2) is 7.60. The lowest BCUT2D eigenvalue weighted by atomic mass is 9.66. The van der Waals surface area contributed by atoms with E-state index in [1.54, 1.807) is 6.92 Å². The van der Waals surface area contributed by atoms with Crippen molar-refractivity contribution in [2.45, 2.75) is 53.9 Å². The highest BCUT2D eigenvalue weighted by Gasteiger charge is 2.34. The van der Waals surface area contributed by atoms with Crippen molar-refractivity contribution >= 4 is 5.97 Å². The molecule has 0 aromatic rings. The molecule has 2 unspecified atom stereocenters. The highest BCUT2D eigenvalue weighted by atomic mass is 16.5. The fraction of sp³-hybridized carbons (Fsp3) is 0.688. The smallest absolute Gasteiger partial charge is 0.333 e. The molecule has 0 heterocycles. The van der Waals surface area contributed by atoms with Crippen LogP contribution in [-0.4, -0.2) is 12.6 Å².